The Labute approximate surface area is 135 Å². The fraction of sp³-hybridized carbons (Fsp3) is 0.625. The van der Waals surface area contributed by atoms with Crippen LogP contribution in [0, 0.1) is 19.8 Å². The molecule has 1 rings (SSSR count). The average molecular weight is 323 g/mol. The van der Waals surface area contributed by atoms with E-state index in [4.69, 9.17) is 4.74 Å². The number of nitrogens with zero attached hydrogens (tertiary/aromatic N) is 1. The molecule has 0 aliphatic carbocycles. The topological polar surface area (TPSA) is 101 Å². The zero-order chi connectivity index (χ0) is 17.6. The second-order valence-electron chi connectivity index (χ2n) is 5.99. The Morgan fingerprint density at radius 2 is 1.96 bits per heavy atom. The molecule has 0 unspecified atom stereocenters. The van der Waals surface area contributed by atoms with Crippen molar-refractivity contribution in [1.82, 2.24) is 15.3 Å². The number of methoxy groups -OCH3 is 1. The van der Waals surface area contributed by atoms with Crippen molar-refractivity contribution in [2.45, 2.75) is 53.0 Å². The number of hydrogen-bond acceptors (Lipinski definition) is 5. The number of carbonyl (C=O) groups excluding carboxylic acids is 2. The van der Waals surface area contributed by atoms with E-state index < -0.39 is 12.0 Å². The molecule has 0 radical (unpaired) electrons. The summed E-state index contributed by atoms with van der Waals surface area (Å²) < 4.78 is 4.71. The number of nitrogens with one attached hydrogen (secondary N) is 2. The lowest BCUT2D eigenvalue weighted by Gasteiger charge is -2.18. The maximum absolute atomic E-state index is 12.1. The molecule has 128 valence electrons. The van der Waals surface area contributed by atoms with Crippen LogP contribution in [-0.2, 0) is 20.7 Å². The van der Waals surface area contributed by atoms with Gasteiger partial charge in [-0.2, -0.15) is 0 Å². The van der Waals surface area contributed by atoms with E-state index in [-0.39, 0.29) is 30.2 Å². The third kappa shape index (κ3) is 5.84. The molecule has 1 heterocycles. The number of carbonyl (C=O) groups is 2. The van der Waals surface area contributed by atoms with Crippen molar-refractivity contribution in [2.75, 3.05) is 7.11 Å². The predicted molar refractivity (Wildman–Crippen MR) is 86.1 cm³/mol. The minimum atomic E-state index is -0.664. The number of amides is 1. The highest BCUT2D eigenvalue weighted by Gasteiger charge is 2.22. The van der Waals surface area contributed by atoms with E-state index in [9.17, 15) is 14.4 Å². The third-order valence-electron chi connectivity index (χ3n) is 3.47. The largest absolute Gasteiger partial charge is 0.467 e. The highest BCUT2D eigenvalue weighted by molar-refractivity contribution is 5.84. The Balaban J connectivity index is 2.69. The molecule has 7 nitrogen and oxygen atoms in total. The third-order valence-corrected chi connectivity index (χ3v) is 3.47. The molecule has 0 aromatic carbocycles. The number of esters is 1. The van der Waals surface area contributed by atoms with E-state index in [0.29, 0.717) is 23.5 Å². The van der Waals surface area contributed by atoms with Gasteiger partial charge in [-0.1, -0.05) is 13.8 Å². The van der Waals surface area contributed by atoms with Crippen LogP contribution >= 0.6 is 0 Å². The van der Waals surface area contributed by atoms with Crippen LogP contribution in [0.1, 0.15) is 43.8 Å². The minimum Gasteiger partial charge on any atom is -0.467 e. The number of aromatic amines is 1. The number of rotatable bonds is 7. The zero-order valence-corrected chi connectivity index (χ0v) is 14.4. The second-order valence-corrected chi connectivity index (χ2v) is 5.99. The number of H-pyrrole nitrogens is 1. The van der Waals surface area contributed by atoms with E-state index in [1.807, 2.05) is 13.8 Å². The molecule has 0 saturated carbocycles. The summed E-state index contributed by atoms with van der Waals surface area (Å²) in [5, 5.41) is 2.67. The number of hydrogen-bond donors (Lipinski definition) is 2. The van der Waals surface area contributed by atoms with E-state index in [2.05, 4.69) is 15.3 Å². The SMILES string of the molecule is COC(=O)[C@@H](CC(C)C)NC(=O)CCc1c(C)nc(C)[nH]c1=O. The summed E-state index contributed by atoms with van der Waals surface area (Å²) in [7, 11) is 1.29. The van der Waals surface area contributed by atoms with Gasteiger partial charge in [0.15, 0.2) is 0 Å². The van der Waals surface area contributed by atoms with Crippen molar-refractivity contribution in [3.05, 3.63) is 27.4 Å². The molecule has 1 aromatic heterocycles. The summed E-state index contributed by atoms with van der Waals surface area (Å²) >= 11 is 0. The van der Waals surface area contributed by atoms with Crippen molar-refractivity contribution in [3.63, 3.8) is 0 Å². The molecule has 0 aliphatic rings. The summed E-state index contributed by atoms with van der Waals surface area (Å²) in [5.41, 5.74) is 0.879. The van der Waals surface area contributed by atoms with Gasteiger partial charge >= 0.3 is 5.97 Å². The first kappa shape index (κ1) is 18.9. The van der Waals surface area contributed by atoms with Crippen molar-refractivity contribution >= 4 is 11.9 Å². The summed E-state index contributed by atoms with van der Waals surface area (Å²) in [6.07, 6.45) is 0.889. The minimum absolute atomic E-state index is 0.111. The van der Waals surface area contributed by atoms with E-state index >= 15 is 0 Å². The van der Waals surface area contributed by atoms with E-state index in [1.54, 1.807) is 13.8 Å². The van der Waals surface area contributed by atoms with Gasteiger partial charge < -0.3 is 15.0 Å². The molecule has 23 heavy (non-hydrogen) atoms. The van der Waals surface area contributed by atoms with Crippen LogP contribution in [0.2, 0.25) is 0 Å². The maximum Gasteiger partial charge on any atom is 0.328 e. The Kier molecular flexibility index (Phi) is 6.93. The van der Waals surface area contributed by atoms with Crippen molar-refractivity contribution in [3.8, 4) is 0 Å². The summed E-state index contributed by atoms with van der Waals surface area (Å²) in [4.78, 5) is 42.5. The molecule has 0 spiro atoms. The van der Waals surface area contributed by atoms with Crippen LogP contribution in [0.3, 0.4) is 0 Å². The molecular weight excluding hydrogens is 298 g/mol. The lowest BCUT2D eigenvalue weighted by atomic mass is 10.0. The average Bonchev–Trinajstić information content (AvgIpc) is 2.44. The predicted octanol–water partition coefficient (Wildman–Crippen LogP) is 1.02. The molecule has 2 N–H and O–H groups in total. The first-order valence-electron chi connectivity index (χ1n) is 7.68. The molecule has 0 bridgehead atoms. The summed E-state index contributed by atoms with van der Waals surface area (Å²) in [6, 6.07) is -0.664. The monoisotopic (exact) mass is 323 g/mol. The van der Waals surface area contributed by atoms with Gasteiger partial charge in [-0.05, 0) is 32.6 Å². The number of ether oxygens (including phenoxy) is 1. The van der Waals surface area contributed by atoms with E-state index in [1.165, 1.54) is 7.11 Å². The Bertz CT molecular complexity index is 622. The van der Waals surface area contributed by atoms with Crippen LogP contribution in [0.25, 0.3) is 0 Å². The molecule has 1 atom stereocenters. The zero-order valence-electron chi connectivity index (χ0n) is 14.4. The van der Waals surface area contributed by atoms with Crippen LogP contribution in [0.15, 0.2) is 4.79 Å². The van der Waals surface area contributed by atoms with Crippen LogP contribution in [-0.4, -0.2) is 35.0 Å². The molecule has 0 saturated heterocycles. The van der Waals surface area contributed by atoms with Gasteiger partial charge in [0.05, 0.1) is 7.11 Å². The molecule has 1 aromatic rings. The molecule has 7 heteroatoms. The fourth-order valence-corrected chi connectivity index (χ4v) is 2.38. The first-order valence-corrected chi connectivity index (χ1v) is 7.68. The van der Waals surface area contributed by atoms with Crippen molar-refractivity contribution < 1.29 is 14.3 Å². The Morgan fingerprint density at radius 3 is 2.48 bits per heavy atom. The highest BCUT2D eigenvalue weighted by Crippen LogP contribution is 2.08. The van der Waals surface area contributed by atoms with Gasteiger partial charge in [-0.15, -0.1) is 0 Å². The normalized spacial score (nSPS) is 12.1. The molecule has 0 fully saturated rings. The van der Waals surface area contributed by atoms with Gasteiger partial charge in [0.2, 0.25) is 5.91 Å². The van der Waals surface area contributed by atoms with Crippen molar-refractivity contribution in [1.29, 1.82) is 0 Å². The van der Waals surface area contributed by atoms with Gasteiger partial charge in [0, 0.05) is 17.7 Å². The van der Waals surface area contributed by atoms with Crippen LogP contribution in [0.5, 0.6) is 0 Å². The van der Waals surface area contributed by atoms with E-state index in [0.717, 1.165) is 0 Å². The second kappa shape index (κ2) is 8.45. The standard InChI is InChI=1S/C16H25N3O4/c1-9(2)8-13(16(22)23-5)19-14(20)7-6-12-10(3)17-11(4)18-15(12)21/h9,13H,6-8H2,1-5H3,(H,19,20)(H,17,18,21)/t13-/m1/s1. The molecule has 0 aliphatic heterocycles. The quantitative estimate of drug-likeness (QED) is 0.730. The van der Waals surface area contributed by atoms with Crippen LogP contribution < -0.4 is 10.9 Å². The first-order chi connectivity index (χ1) is 10.7. The van der Waals surface area contributed by atoms with Gasteiger partial charge in [0.25, 0.3) is 5.56 Å². The smallest absolute Gasteiger partial charge is 0.328 e. The lowest BCUT2D eigenvalue weighted by Crippen LogP contribution is -2.42. The fourth-order valence-electron chi connectivity index (χ4n) is 2.38. The lowest BCUT2D eigenvalue weighted by molar-refractivity contribution is -0.145. The summed E-state index contributed by atoms with van der Waals surface area (Å²) in [6.45, 7) is 7.37. The number of aryl methyl sites for hydroxylation is 2. The summed E-state index contributed by atoms with van der Waals surface area (Å²) in [5.74, 6) is 0.0349. The van der Waals surface area contributed by atoms with Gasteiger partial charge in [-0.3, -0.25) is 9.59 Å². The Morgan fingerprint density at radius 1 is 1.30 bits per heavy atom. The molecule has 1 amide bonds. The number of aromatic nitrogens is 2. The van der Waals surface area contributed by atoms with Crippen LogP contribution in [0.4, 0.5) is 0 Å². The maximum atomic E-state index is 12.1. The molecular formula is C16H25N3O4. The van der Waals surface area contributed by atoms with Gasteiger partial charge in [-0.25, -0.2) is 9.78 Å². The highest BCUT2D eigenvalue weighted by atomic mass is 16.5. The van der Waals surface area contributed by atoms with Crippen molar-refractivity contribution in [2.24, 2.45) is 5.92 Å². The van der Waals surface area contributed by atoms with Gasteiger partial charge in [0.1, 0.15) is 11.9 Å². The Hall–Kier alpha value is -2.18.